The SMILES string of the molecule is ClC1CCCCCC1CC1OCCc2ccccc21. The summed E-state index contributed by atoms with van der Waals surface area (Å²) in [5.41, 5.74) is 2.88. The van der Waals surface area contributed by atoms with E-state index in [2.05, 4.69) is 24.3 Å². The molecule has 1 aliphatic carbocycles. The highest BCUT2D eigenvalue weighted by Crippen LogP contribution is 2.38. The maximum Gasteiger partial charge on any atom is 0.0830 e. The van der Waals surface area contributed by atoms with Crippen LogP contribution in [0, 0.1) is 5.92 Å². The Balaban J connectivity index is 1.73. The molecule has 1 aromatic rings. The Morgan fingerprint density at radius 3 is 2.89 bits per heavy atom. The van der Waals surface area contributed by atoms with Gasteiger partial charge >= 0.3 is 0 Å². The fraction of sp³-hybridized carbons (Fsp3) is 0.647. The van der Waals surface area contributed by atoms with E-state index in [4.69, 9.17) is 16.3 Å². The molecule has 1 fully saturated rings. The van der Waals surface area contributed by atoms with Crippen molar-refractivity contribution >= 4 is 11.6 Å². The topological polar surface area (TPSA) is 9.23 Å². The van der Waals surface area contributed by atoms with Gasteiger partial charge < -0.3 is 4.74 Å². The second kappa shape index (κ2) is 6.28. The zero-order chi connectivity index (χ0) is 13.1. The molecule has 1 nitrogen and oxygen atoms in total. The lowest BCUT2D eigenvalue weighted by Crippen LogP contribution is -2.22. The van der Waals surface area contributed by atoms with E-state index < -0.39 is 0 Å². The first-order chi connectivity index (χ1) is 9.34. The Morgan fingerprint density at radius 2 is 1.95 bits per heavy atom. The molecule has 2 heteroatoms. The lowest BCUT2D eigenvalue weighted by molar-refractivity contribution is 0.0240. The summed E-state index contributed by atoms with van der Waals surface area (Å²) in [6, 6.07) is 8.75. The normalized spacial score (nSPS) is 31.5. The van der Waals surface area contributed by atoms with Crippen LogP contribution in [0.25, 0.3) is 0 Å². The van der Waals surface area contributed by atoms with E-state index in [1.165, 1.54) is 43.2 Å². The lowest BCUT2D eigenvalue weighted by Gasteiger charge is -2.30. The van der Waals surface area contributed by atoms with Crippen LogP contribution in [0.1, 0.15) is 55.8 Å². The smallest absolute Gasteiger partial charge is 0.0830 e. The van der Waals surface area contributed by atoms with Crippen molar-refractivity contribution in [3.63, 3.8) is 0 Å². The van der Waals surface area contributed by atoms with Crippen LogP contribution in [0.4, 0.5) is 0 Å². The molecule has 19 heavy (non-hydrogen) atoms. The highest BCUT2D eigenvalue weighted by atomic mass is 35.5. The Morgan fingerprint density at radius 1 is 1.11 bits per heavy atom. The van der Waals surface area contributed by atoms with E-state index in [0.717, 1.165) is 19.4 Å². The van der Waals surface area contributed by atoms with Crippen molar-refractivity contribution in [2.45, 2.75) is 56.4 Å². The average molecular weight is 279 g/mol. The Labute approximate surface area is 121 Å². The summed E-state index contributed by atoms with van der Waals surface area (Å²) in [5, 5.41) is 0.347. The van der Waals surface area contributed by atoms with Crippen LogP contribution in [0.5, 0.6) is 0 Å². The van der Waals surface area contributed by atoms with Gasteiger partial charge in [0, 0.05) is 5.38 Å². The number of rotatable bonds is 2. The van der Waals surface area contributed by atoms with Gasteiger partial charge in [0.1, 0.15) is 0 Å². The van der Waals surface area contributed by atoms with Gasteiger partial charge in [-0.15, -0.1) is 11.6 Å². The summed E-state index contributed by atoms with van der Waals surface area (Å²) in [5.74, 6) is 0.625. The fourth-order valence-electron chi connectivity index (χ4n) is 3.55. The van der Waals surface area contributed by atoms with Crippen molar-refractivity contribution < 1.29 is 4.74 Å². The third kappa shape index (κ3) is 3.14. The summed E-state index contributed by atoms with van der Waals surface area (Å²) < 4.78 is 6.04. The van der Waals surface area contributed by atoms with E-state index in [1.54, 1.807) is 0 Å². The molecule has 1 heterocycles. The van der Waals surface area contributed by atoms with Crippen molar-refractivity contribution in [3.8, 4) is 0 Å². The van der Waals surface area contributed by atoms with E-state index in [1.807, 2.05) is 0 Å². The van der Waals surface area contributed by atoms with Crippen LogP contribution in [0.15, 0.2) is 24.3 Å². The molecule has 0 bridgehead atoms. The van der Waals surface area contributed by atoms with Crippen molar-refractivity contribution in [2.75, 3.05) is 6.61 Å². The maximum absolute atomic E-state index is 6.58. The standard InChI is InChI=1S/C17H23ClO/c18-16-9-3-1-2-7-14(16)12-17-15-8-5-4-6-13(15)10-11-19-17/h4-6,8,14,16-17H,1-3,7,9-12H2. The number of hydrogen-bond donors (Lipinski definition) is 0. The number of ether oxygens (including phenoxy) is 1. The summed E-state index contributed by atoms with van der Waals surface area (Å²) in [6.45, 7) is 0.862. The molecular weight excluding hydrogens is 256 g/mol. The predicted octanol–water partition coefficient (Wildman–Crippen LogP) is 4.88. The van der Waals surface area contributed by atoms with Crippen molar-refractivity contribution in [1.29, 1.82) is 0 Å². The molecule has 1 aromatic carbocycles. The largest absolute Gasteiger partial charge is 0.373 e. The minimum absolute atomic E-state index is 0.272. The van der Waals surface area contributed by atoms with Gasteiger partial charge in [0.05, 0.1) is 12.7 Å². The second-order valence-electron chi connectivity index (χ2n) is 5.96. The van der Waals surface area contributed by atoms with Crippen LogP contribution in [-0.4, -0.2) is 12.0 Å². The zero-order valence-electron chi connectivity index (χ0n) is 11.5. The van der Waals surface area contributed by atoms with E-state index >= 15 is 0 Å². The van der Waals surface area contributed by atoms with Gasteiger partial charge in [-0.3, -0.25) is 0 Å². The molecule has 0 saturated heterocycles. The van der Waals surface area contributed by atoms with E-state index in [0.29, 0.717) is 11.3 Å². The van der Waals surface area contributed by atoms with Crippen molar-refractivity contribution in [3.05, 3.63) is 35.4 Å². The third-order valence-electron chi connectivity index (χ3n) is 4.68. The Bertz CT molecular complexity index is 417. The van der Waals surface area contributed by atoms with Crippen LogP contribution in [0.2, 0.25) is 0 Å². The van der Waals surface area contributed by atoms with Gasteiger partial charge in [-0.25, -0.2) is 0 Å². The first-order valence-corrected chi connectivity index (χ1v) is 8.11. The highest BCUT2D eigenvalue weighted by molar-refractivity contribution is 6.20. The van der Waals surface area contributed by atoms with Crippen LogP contribution < -0.4 is 0 Å². The zero-order valence-corrected chi connectivity index (χ0v) is 12.2. The van der Waals surface area contributed by atoms with Gasteiger partial charge in [0.25, 0.3) is 0 Å². The molecule has 1 saturated carbocycles. The van der Waals surface area contributed by atoms with Gasteiger partial charge in [-0.05, 0) is 42.7 Å². The lowest BCUT2D eigenvalue weighted by atomic mass is 9.87. The Hall–Kier alpha value is -0.530. The van der Waals surface area contributed by atoms with Gasteiger partial charge in [-0.1, -0.05) is 43.5 Å². The number of fused-ring (bicyclic) bond motifs is 1. The monoisotopic (exact) mass is 278 g/mol. The second-order valence-corrected chi connectivity index (χ2v) is 6.52. The van der Waals surface area contributed by atoms with Crippen molar-refractivity contribution in [1.82, 2.24) is 0 Å². The molecule has 0 amide bonds. The highest BCUT2D eigenvalue weighted by Gasteiger charge is 2.28. The third-order valence-corrected chi connectivity index (χ3v) is 5.25. The Kier molecular flexibility index (Phi) is 4.45. The first kappa shape index (κ1) is 13.5. The van der Waals surface area contributed by atoms with Crippen LogP contribution >= 0.6 is 11.6 Å². The minimum Gasteiger partial charge on any atom is -0.373 e. The molecule has 3 rings (SSSR count). The molecule has 2 aliphatic rings. The quantitative estimate of drug-likeness (QED) is 0.553. The number of halogens is 1. The average Bonchev–Trinajstić information content (AvgIpc) is 2.65. The molecular formula is C17H23ClO. The van der Waals surface area contributed by atoms with Gasteiger partial charge in [0.2, 0.25) is 0 Å². The molecule has 104 valence electrons. The molecule has 0 aromatic heterocycles. The van der Waals surface area contributed by atoms with Gasteiger partial charge in [-0.2, -0.15) is 0 Å². The number of alkyl halides is 1. The van der Waals surface area contributed by atoms with E-state index in [-0.39, 0.29) is 6.10 Å². The molecule has 3 atom stereocenters. The molecule has 0 spiro atoms. The minimum atomic E-state index is 0.272. The summed E-state index contributed by atoms with van der Waals surface area (Å²) in [4.78, 5) is 0. The summed E-state index contributed by atoms with van der Waals surface area (Å²) >= 11 is 6.58. The van der Waals surface area contributed by atoms with Crippen LogP contribution in [0.3, 0.4) is 0 Å². The predicted molar refractivity (Wildman–Crippen MR) is 79.7 cm³/mol. The summed E-state index contributed by atoms with van der Waals surface area (Å²) in [7, 11) is 0. The molecule has 3 unspecified atom stereocenters. The number of benzene rings is 1. The van der Waals surface area contributed by atoms with Gasteiger partial charge in [0.15, 0.2) is 0 Å². The fourth-order valence-corrected chi connectivity index (χ4v) is 3.93. The molecule has 1 aliphatic heterocycles. The van der Waals surface area contributed by atoms with E-state index in [9.17, 15) is 0 Å². The maximum atomic E-state index is 6.58. The first-order valence-electron chi connectivity index (χ1n) is 7.68. The number of hydrogen-bond acceptors (Lipinski definition) is 1. The van der Waals surface area contributed by atoms with Crippen molar-refractivity contribution in [2.24, 2.45) is 5.92 Å². The summed E-state index contributed by atoms with van der Waals surface area (Å²) in [6.07, 6.45) is 8.87. The van der Waals surface area contributed by atoms with Crippen LogP contribution in [-0.2, 0) is 11.2 Å². The molecule has 0 radical (unpaired) electrons. The molecule has 0 N–H and O–H groups in total.